The topological polar surface area (TPSA) is 54.8 Å². The average molecular weight is 406 g/mol. The van der Waals surface area contributed by atoms with Gasteiger partial charge in [-0.15, -0.1) is 11.8 Å². The van der Waals surface area contributed by atoms with Crippen molar-refractivity contribution in [2.45, 2.75) is 36.4 Å². The maximum Gasteiger partial charge on any atom is 0.186 e. The Morgan fingerprint density at radius 1 is 1.30 bits per heavy atom. The molecule has 3 aromatic heterocycles. The fraction of sp³-hybridized carbons (Fsp3) is 0.474. The summed E-state index contributed by atoms with van der Waals surface area (Å²) in [6.07, 6.45) is 7.01. The number of fused-ring (bicyclic) bond motifs is 3. The molecule has 5 nitrogen and oxygen atoms in total. The van der Waals surface area contributed by atoms with Gasteiger partial charge in [-0.05, 0) is 44.7 Å². The van der Waals surface area contributed by atoms with Crippen LogP contribution in [0, 0.1) is 5.82 Å². The minimum absolute atomic E-state index is 0.125. The monoisotopic (exact) mass is 405 g/mol. The molecular formula is C19H21ClFN5S. The third-order valence-electron chi connectivity index (χ3n) is 5.73. The van der Waals surface area contributed by atoms with E-state index in [9.17, 15) is 4.39 Å². The molecule has 2 aliphatic heterocycles. The molecule has 8 heteroatoms. The second-order valence-electron chi connectivity index (χ2n) is 7.24. The van der Waals surface area contributed by atoms with Gasteiger partial charge in [-0.25, -0.2) is 14.4 Å². The lowest BCUT2D eigenvalue weighted by Crippen LogP contribution is -2.21. The van der Waals surface area contributed by atoms with Crippen molar-refractivity contribution in [1.29, 1.82) is 0 Å². The molecule has 0 aromatic carbocycles. The molecule has 2 N–H and O–H groups in total. The normalized spacial score (nSPS) is 23.1. The van der Waals surface area contributed by atoms with Gasteiger partial charge in [-0.1, -0.05) is 11.6 Å². The molecule has 0 radical (unpaired) electrons. The molecule has 2 aliphatic rings. The van der Waals surface area contributed by atoms with Crippen LogP contribution in [0.5, 0.6) is 0 Å². The molecule has 0 amide bonds. The van der Waals surface area contributed by atoms with E-state index in [1.807, 2.05) is 6.26 Å². The Morgan fingerprint density at radius 2 is 2.19 bits per heavy atom. The summed E-state index contributed by atoms with van der Waals surface area (Å²) in [4.78, 5) is 8.69. The van der Waals surface area contributed by atoms with Crippen LogP contribution in [0.2, 0.25) is 5.15 Å². The minimum atomic E-state index is -0.538. The molecule has 0 spiro atoms. The van der Waals surface area contributed by atoms with Crippen LogP contribution in [0.25, 0.3) is 21.8 Å². The Balaban J connectivity index is 1.89. The highest BCUT2D eigenvalue weighted by atomic mass is 35.5. The quantitative estimate of drug-likeness (QED) is 0.508. The van der Waals surface area contributed by atoms with E-state index in [0.717, 1.165) is 53.8 Å². The number of rotatable bonds is 3. The van der Waals surface area contributed by atoms with Gasteiger partial charge in [0, 0.05) is 41.3 Å². The summed E-state index contributed by atoms with van der Waals surface area (Å²) in [5, 5.41) is 9.62. The van der Waals surface area contributed by atoms with Gasteiger partial charge in [0.2, 0.25) is 0 Å². The summed E-state index contributed by atoms with van der Waals surface area (Å²) in [5.41, 5.74) is 2.61. The van der Waals surface area contributed by atoms with Crippen molar-refractivity contribution in [3.63, 3.8) is 0 Å². The maximum absolute atomic E-state index is 14.8. The first kappa shape index (κ1) is 17.7. The number of nitrogens with one attached hydrogen (secondary N) is 2. The summed E-state index contributed by atoms with van der Waals surface area (Å²) in [6, 6.07) is 2.92. The Bertz CT molecular complexity index is 1020. The largest absolute Gasteiger partial charge is 0.338 e. The van der Waals surface area contributed by atoms with Crippen LogP contribution in [-0.4, -0.2) is 40.4 Å². The predicted octanol–water partition coefficient (Wildman–Crippen LogP) is 4.06. The smallest absolute Gasteiger partial charge is 0.186 e. The molecule has 2 saturated heterocycles. The Hall–Kier alpha value is -1.41. The van der Waals surface area contributed by atoms with E-state index < -0.39 is 5.82 Å². The van der Waals surface area contributed by atoms with Gasteiger partial charge >= 0.3 is 0 Å². The van der Waals surface area contributed by atoms with E-state index >= 15 is 0 Å². The van der Waals surface area contributed by atoms with Crippen LogP contribution in [0.1, 0.15) is 37.0 Å². The van der Waals surface area contributed by atoms with E-state index in [1.165, 1.54) is 12.1 Å². The number of halogens is 2. The molecule has 2 fully saturated rings. The van der Waals surface area contributed by atoms with E-state index in [2.05, 4.69) is 31.2 Å². The van der Waals surface area contributed by atoms with Gasteiger partial charge in [0.05, 0.1) is 5.52 Å². The Morgan fingerprint density at radius 3 is 2.89 bits per heavy atom. The molecule has 3 aromatic rings. The number of hydrogen-bond acceptors (Lipinski definition) is 5. The summed E-state index contributed by atoms with van der Waals surface area (Å²) >= 11 is 7.49. The molecule has 0 saturated carbocycles. The fourth-order valence-electron chi connectivity index (χ4n) is 4.50. The lowest BCUT2D eigenvalue weighted by molar-refractivity contribution is 0.504. The number of pyridine rings is 2. The first-order valence-electron chi connectivity index (χ1n) is 9.35. The van der Waals surface area contributed by atoms with Crippen LogP contribution in [0.15, 0.2) is 17.3 Å². The minimum Gasteiger partial charge on any atom is -0.338 e. The fourth-order valence-corrected chi connectivity index (χ4v) is 5.19. The molecule has 2 atom stereocenters. The van der Waals surface area contributed by atoms with Crippen molar-refractivity contribution in [3.05, 3.63) is 28.9 Å². The van der Waals surface area contributed by atoms with Crippen LogP contribution >= 0.6 is 23.4 Å². The van der Waals surface area contributed by atoms with E-state index in [-0.39, 0.29) is 5.15 Å². The number of nitrogens with zero attached hydrogens (tertiary/aromatic N) is 3. The second kappa shape index (κ2) is 6.88. The summed E-state index contributed by atoms with van der Waals surface area (Å²) in [5.74, 6) is -0.538. The van der Waals surface area contributed by atoms with Gasteiger partial charge in [-0.2, -0.15) is 0 Å². The van der Waals surface area contributed by atoms with E-state index in [4.69, 9.17) is 11.6 Å². The van der Waals surface area contributed by atoms with E-state index in [1.54, 1.807) is 18.0 Å². The van der Waals surface area contributed by atoms with Crippen molar-refractivity contribution in [1.82, 2.24) is 25.2 Å². The third kappa shape index (κ3) is 2.75. The zero-order valence-electron chi connectivity index (χ0n) is 15.1. The first-order valence-corrected chi connectivity index (χ1v) is 11.0. The maximum atomic E-state index is 14.8. The van der Waals surface area contributed by atoms with Gasteiger partial charge in [0.15, 0.2) is 11.0 Å². The molecule has 142 valence electrons. The van der Waals surface area contributed by atoms with E-state index in [0.29, 0.717) is 17.6 Å². The van der Waals surface area contributed by atoms with Crippen LogP contribution in [-0.2, 0) is 0 Å². The molecule has 5 heterocycles. The SMILES string of the molecule is CSc1nc2c(F)c(Cl)ncc2c2c1cc(C1CCCN1)n2C1CCNC1. The van der Waals surface area contributed by atoms with Gasteiger partial charge in [-0.3, -0.25) is 0 Å². The van der Waals surface area contributed by atoms with Gasteiger partial charge < -0.3 is 15.2 Å². The Kier molecular flexibility index (Phi) is 4.50. The predicted molar refractivity (Wildman–Crippen MR) is 108 cm³/mol. The molecule has 0 bridgehead atoms. The van der Waals surface area contributed by atoms with Crippen LogP contribution in [0.3, 0.4) is 0 Å². The lowest BCUT2D eigenvalue weighted by Gasteiger charge is -2.21. The van der Waals surface area contributed by atoms with Crippen molar-refractivity contribution < 1.29 is 4.39 Å². The summed E-state index contributed by atoms with van der Waals surface area (Å²) < 4.78 is 17.2. The van der Waals surface area contributed by atoms with Crippen LogP contribution in [0.4, 0.5) is 4.39 Å². The number of aromatic nitrogens is 3. The van der Waals surface area contributed by atoms with Gasteiger partial charge in [0.25, 0.3) is 0 Å². The third-order valence-corrected chi connectivity index (χ3v) is 6.69. The Labute approximate surface area is 166 Å². The van der Waals surface area contributed by atoms with Crippen LogP contribution < -0.4 is 10.6 Å². The molecule has 27 heavy (non-hydrogen) atoms. The highest BCUT2D eigenvalue weighted by Crippen LogP contribution is 2.40. The van der Waals surface area contributed by atoms with Crippen molar-refractivity contribution in [3.8, 4) is 0 Å². The highest BCUT2D eigenvalue weighted by molar-refractivity contribution is 7.98. The first-order chi connectivity index (χ1) is 13.2. The highest BCUT2D eigenvalue weighted by Gasteiger charge is 2.29. The number of thioether (sulfide) groups is 1. The standard InChI is InChI=1S/C19H21ClFN5S/c1-27-19-11-7-14(13-3-2-5-23-13)26(10-4-6-22-8-10)17(11)12-9-24-18(20)15(21)16(12)25-19/h7,9-10,13,22-23H,2-6,8H2,1H3. The van der Waals surface area contributed by atoms with Crippen molar-refractivity contribution >= 4 is 45.2 Å². The number of hydrogen-bond donors (Lipinski definition) is 2. The van der Waals surface area contributed by atoms with Crippen molar-refractivity contribution in [2.24, 2.45) is 0 Å². The lowest BCUT2D eigenvalue weighted by atomic mass is 10.1. The molecule has 0 aliphatic carbocycles. The molecule has 2 unspecified atom stereocenters. The zero-order valence-corrected chi connectivity index (χ0v) is 16.6. The summed E-state index contributed by atoms with van der Waals surface area (Å²) in [7, 11) is 0. The average Bonchev–Trinajstić information content (AvgIpc) is 3.43. The van der Waals surface area contributed by atoms with Gasteiger partial charge in [0.1, 0.15) is 10.5 Å². The summed E-state index contributed by atoms with van der Waals surface area (Å²) in [6.45, 7) is 2.96. The van der Waals surface area contributed by atoms with Crippen molar-refractivity contribution in [2.75, 3.05) is 25.9 Å². The zero-order chi connectivity index (χ0) is 18.5. The second-order valence-corrected chi connectivity index (χ2v) is 8.40. The molecule has 5 rings (SSSR count). The molecular weight excluding hydrogens is 385 g/mol.